The highest BCUT2D eigenvalue weighted by molar-refractivity contribution is 7.89. The number of rotatable bonds is 11. The van der Waals surface area contributed by atoms with Gasteiger partial charge in [0.25, 0.3) is 0 Å². The second kappa shape index (κ2) is 11.3. The molecule has 10 heteroatoms. The largest absolute Gasteiger partial charge is 0.480 e. The minimum Gasteiger partial charge on any atom is -0.480 e. The van der Waals surface area contributed by atoms with Gasteiger partial charge in [-0.05, 0) is 51.9 Å². The van der Waals surface area contributed by atoms with Gasteiger partial charge in [0.15, 0.2) is 0 Å². The van der Waals surface area contributed by atoms with E-state index in [1.54, 1.807) is 13.8 Å². The van der Waals surface area contributed by atoms with Gasteiger partial charge in [0.2, 0.25) is 15.9 Å². The van der Waals surface area contributed by atoms with Crippen LogP contribution < -0.4 is 10.0 Å². The van der Waals surface area contributed by atoms with Crippen LogP contribution in [-0.2, 0) is 29.1 Å². The van der Waals surface area contributed by atoms with Crippen molar-refractivity contribution in [3.05, 3.63) is 0 Å². The predicted molar refractivity (Wildman–Crippen MR) is 115 cm³/mol. The summed E-state index contributed by atoms with van der Waals surface area (Å²) in [6, 6.07) is -1.52. The maximum absolute atomic E-state index is 13.3. The monoisotopic (exact) mass is 460 g/mol. The van der Waals surface area contributed by atoms with Crippen molar-refractivity contribution in [2.75, 3.05) is 12.4 Å². The lowest BCUT2D eigenvalue weighted by Crippen LogP contribution is -2.51. The van der Waals surface area contributed by atoms with Crippen LogP contribution in [-0.4, -0.2) is 55.8 Å². The van der Waals surface area contributed by atoms with E-state index < -0.39 is 27.4 Å². The summed E-state index contributed by atoms with van der Waals surface area (Å²) in [5.41, 5.74) is -0.922. The van der Waals surface area contributed by atoms with E-state index in [1.165, 1.54) is 0 Å². The molecule has 1 amide bonds. The van der Waals surface area contributed by atoms with Crippen molar-refractivity contribution in [1.82, 2.24) is 10.0 Å². The molecule has 2 saturated carbocycles. The summed E-state index contributed by atoms with van der Waals surface area (Å²) in [6.45, 7) is 3.78. The Morgan fingerprint density at radius 2 is 1.81 bits per heavy atom. The molecule has 0 aromatic rings. The number of carbonyl (C=O) groups excluding carboxylic acids is 2. The van der Waals surface area contributed by atoms with Gasteiger partial charge in [0.05, 0.1) is 23.7 Å². The van der Waals surface area contributed by atoms with Gasteiger partial charge in [-0.2, -0.15) is 0 Å². The molecule has 178 valence electrons. The van der Waals surface area contributed by atoms with Gasteiger partial charge in [-0.1, -0.05) is 26.2 Å². The summed E-state index contributed by atoms with van der Waals surface area (Å²) in [5.74, 6) is -2.16. The number of hydrogen-bond donors (Lipinski definition) is 3. The van der Waals surface area contributed by atoms with Gasteiger partial charge >= 0.3 is 11.9 Å². The number of hydrogen-bond acceptors (Lipinski definition) is 6. The standard InChI is InChI=1S/C21H36N2O7S/c1-3-12-31(28,29)23-17(18(24)25)14-21(10-5-6-11-21)20(27)22-16-9-7-8-15(13-16)19(26)30-4-2/h15-17,23H,3-14H2,1-2H3,(H,22,27)(H,24,25). The number of aliphatic carboxylic acids is 1. The molecule has 3 atom stereocenters. The highest BCUT2D eigenvalue weighted by Gasteiger charge is 2.45. The van der Waals surface area contributed by atoms with Crippen LogP contribution in [0.1, 0.15) is 78.1 Å². The molecule has 3 unspecified atom stereocenters. The molecule has 0 aliphatic heterocycles. The molecule has 9 nitrogen and oxygen atoms in total. The van der Waals surface area contributed by atoms with Gasteiger partial charge in [-0.3, -0.25) is 14.4 Å². The summed E-state index contributed by atoms with van der Waals surface area (Å²) in [6.07, 6.45) is 5.71. The normalized spacial score (nSPS) is 24.3. The average molecular weight is 461 g/mol. The van der Waals surface area contributed by atoms with Crippen LogP contribution in [0.5, 0.6) is 0 Å². The van der Waals surface area contributed by atoms with E-state index in [-0.39, 0.29) is 36.0 Å². The molecule has 0 saturated heterocycles. The zero-order valence-corrected chi connectivity index (χ0v) is 19.3. The van der Waals surface area contributed by atoms with Crippen molar-refractivity contribution in [1.29, 1.82) is 0 Å². The van der Waals surface area contributed by atoms with E-state index in [0.717, 1.165) is 32.1 Å². The minimum atomic E-state index is -3.73. The third kappa shape index (κ3) is 7.17. The van der Waals surface area contributed by atoms with Crippen LogP contribution in [0.2, 0.25) is 0 Å². The Morgan fingerprint density at radius 3 is 2.39 bits per heavy atom. The summed E-state index contributed by atoms with van der Waals surface area (Å²) in [4.78, 5) is 37.2. The number of amides is 1. The van der Waals surface area contributed by atoms with Gasteiger partial charge in [0.1, 0.15) is 6.04 Å². The smallest absolute Gasteiger partial charge is 0.321 e. The minimum absolute atomic E-state index is 0.0782. The molecular formula is C21H36N2O7S. The number of nitrogens with one attached hydrogen (secondary N) is 2. The zero-order chi connectivity index (χ0) is 23.1. The van der Waals surface area contributed by atoms with E-state index in [4.69, 9.17) is 4.74 Å². The summed E-state index contributed by atoms with van der Waals surface area (Å²) in [7, 11) is -3.73. The maximum Gasteiger partial charge on any atom is 0.321 e. The molecule has 2 aliphatic carbocycles. The number of carboxylic acids is 1. The summed E-state index contributed by atoms with van der Waals surface area (Å²) >= 11 is 0. The lowest BCUT2D eigenvalue weighted by molar-refractivity contribution is -0.150. The molecule has 0 heterocycles. The molecule has 2 rings (SSSR count). The van der Waals surface area contributed by atoms with E-state index >= 15 is 0 Å². The van der Waals surface area contributed by atoms with Crippen molar-refractivity contribution in [3.63, 3.8) is 0 Å². The first-order chi connectivity index (χ1) is 14.6. The molecule has 0 aromatic heterocycles. The van der Waals surface area contributed by atoms with E-state index in [0.29, 0.717) is 32.3 Å². The van der Waals surface area contributed by atoms with E-state index in [9.17, 15) is 27.9 Å². The topological polar surface area (TPSA) is 139 Å². The first-order valence-electron chi connectivity index (χ1n) is 11.3. The fourth-order valence-corrected chi connectivity index (χ4v) is 6.10. The van der Waals surface area contributed by atoms with Crippen LogP contribution in [0.25, 0.3) is 0 Å². The highest BCUT2D eigenvalue weighted by atomic mass is 32.2. The van der Waals surface area contributed by atoms with Gasteiger partial charge in [0, 0.05) is 6.04 Å². The van der Waals surface area contributed by atoms with Crippen molar-refractivity contribution in [2.24, 2.45) is 11.3 Å². The fraction of sp³-hybridized carbons (Fsp3) is 0.857. The molecule has 3 N–H and O–H groups in total. The fourth-order valence-electron chi connectivity index (χ4n) is 4.82. The van der Waals surface area contributed by atoms with Gasteiger partial charge < -0.3 is 15.2 Å². The second-order valence-electron chi connectivity index (χ2n) is 8.81. The Hall–Kier alpha value is -1.68. The maximum atomic E-state index is 13.3. The second-order valence-corrected chi connectivity index (χ2v) is 10.7. The summed E-state index contributed by atoms with van der Waals surface area (Å²) < 4.78 is 31.7. The molecule has 2 aliphatic rings. The van der Waals surface area contributed by atoms with Crippen LogP contribution in [0.15, 0.2) is 0 Å². The average Bonchev–Trinajstić information content (AvgIpc) is 3.17. The molecule has 0 spiro atoms. The summed E-state index contributed by atoms with van der Waals surface area (Å²) in [5, 5.41) is 12.7. The molecule has 0 aromatic carbocycles. The number of esters is 1. The Morgan fingerprint density at radius 1 is 1.13 bits per heavy atom. The predicted octanol–water partition coefficient (Wildman–Crippen LogP) is 1.96. The Bertz CT molecular complexity index is 747. The van der Waals surface area contributed by atoms with Crippen molar-refractivity contribution >= 4 is 27.9 Å². The van der Waals surface area contributed by atoms with Crippen LogP contribution >= 0.6 is 0 Å². The first-order valence-corrected chi connectivity index (χ1v) is 13.0. The molecule has 0 radical (unpaired) electrons. The lowest BCUT2D eigenvalue weighted by Gasteiger charge is -2.35. The lowest BCUT2D eigenvalue weighted by atomic mass is 9.78. The zero-order valence-electron chi connectivity index (χ0n) is 18.5. The quantitative estimate of drug-likeness (QED) is 0.401. The van der Waals surface area contributed by atoms with E-state index in [1.807, 2.05) is 0 Å². The SMILES string of the molecule is CCCS(=O)(=O)NC(CC1(C(=O)NC2CCCC(C(=O)OCC)C2)CCCC1)C(=O)O. The first kappa shape index (κ1) is 25.6. The van der Waals surface area contributed by atoms with Crippen molar-refractivity contribution in [2.45, 2.75) is 90.1 Å². The number of carbonyl (C=O) groups is 3. The molecule has 31 heavy (non-hydrogen) atoms. The van der Waals surface area contributed by atoms with Crippen molar-refractivity contribution in [3.8, 4) is 0 Å². The molecule has 0 bridgehead atoms. The number of carboxylic acid groups (broad SMARTS) is 1. The number of sulfonamides is 1. The Kier molecular flexibility index (Phi) is 9.29. The van der Waals surface area contributed by atoms with E-state index in [2.05, 4.69) is 10.0 Å². The van der Waals surface area contributed by atoms with Crippen LogP contribution in [0.4, 0.5) is 0 Å². The van der Waals surface area contributed by atoms with Gasteiger partial charge in [-0.15, -0.1) is 0 Å². The Balaban J connectivity index is 2.09. The Labute approximate surface area is 184 Å². The van der Waals surface area contributed by atoms with Crippen LogP contribution in [0.3, 0.4) is 0 Å². The third-order valence-corrected chi connectivity index (χ3v) is 7.95. The van der Waals surface area contributed by atoms with Gasteiger partial charge in [-0.25, -0.2) is 13.1 Å². The highest BCUT2D eigenvalue weighted by Crippen LogP contribution is 2.43. The molecule has 2 fully saturated rings. The third-order valence-electron chi connectivity index (χ3n) is 6.36. The van der Waals surface area contributed by atoms with Crippen molar-refractivity contribution < 1.29 is 32.6 Å². The molecular weight excluding hydrogens is 424 g/mol. The van der Waals surface area contributed by atoms with Crippen LogP contribution in [0, 0.1) is 11.3 Å². The number of ether oxygens (including phenoxy) is 1.